The summed E-state index contributed by atoms with van der Waals surface area (Å²) in [5.74, 6) is 0.506. The first kappa shape index (κ1) is 12.2. The SMILES string of the molecule is NC1CC(N2CCC(CO)CC2)c2ccccc21. The number of fused-ring (bicyclic) bond motifs is 1. The minimum atomic E-state index is 0.196. The predicted octanol–water partition coefficient (Wildman–Crippen LogP) is 1.84. The average molecular weight is 246 g/mol. The molecule has 0 spiro atoms. The molecule has 3 nitrogen and oxygen atoms in total. The van der Waals surface area contributed by atoms with Crippen LogP contribution in [0.3, 0.4) is 0 Å². The molecule has 0 saturated carbocycles. The Morgan fingerprint density at radius 1 is 1.17 bits per heavy atom. The summed E-state index contributed by atoms with van der Waals surface area (Å²) >= 11 is 0. The topological polar surface area (TPSA) is 49.5 Å². The maximum absolute atomic E-state index is 9.20. The van der Waals surface area contributed by atoms with Crippen molar-refractivity contribution in [1.29, 1.82) is 0 Å². The van der Waals surface area contributed by atoms with Gasteiger partial charge in [0.1, 0.15) is 0 Å². The first-order valence-corrected chi connectivity index (χ1v) is 6.99. The van der Waals surface area contributed by atoms with Crippen LogP contribution in [0.5, 0.6) is 0 Å². The second-order valence-corrected chi connectivity index (χ2v) is 5.65. The van der Waals surface area contributed by atoms with Crippen molar-refractivity contribution in [1.82, 2.24) is 4.90 Å². The van der Waals surface area contributed by atoms with E-state index < -0.39 is 0 Å². The molecule has 2 unspecified atom stereocenters. The Bertz CT molecular complexity index is 413. The number of piperidine rings is 1. The molecule has 0 radical (unpaired) electrons. The van der Waals surface area contributed by atoms with Crippen LogP contribution in [0.4, 0.5) is 0 Å². The fraction of sp³-hybridized carbons (Fsp3) is 0.600. The van der Waals surface area contributed by atoms with Gasteiger partial charge in [-0.05, 0) is 49.4 Å². The van der Waals surface area contributed by atoms with E-state index in [9.17, 15) is 5.11 Å². The smallest absolute Gasteiger partial charge is 0.0460 e. The van der Waals surface area contributed by atoms with Crippen molar-refractivity contribution in [2.45, 2.75) is 31.3 Å². The number of hydrogen-bond acceptors (Lipinski definition) is 3. The van der Waals surface area contributed by atoms with Gasteiger partial charge in [0.25, 0.3) is 0 Å². The molecule has 3 heteroatoms. The lowest BCUT2D eigenvalue weighted by molar-refractivity contribution is 0.0983. The lowest BCUT2D eigenvalue weighted by Gasteiger charge is -2.36. The normalized spacial score (nSPS) is 29.4. The maximum atomic E-state index is 9.20. The molecule has 2 atom stereocenters. The zero-order chi connectivity index (χ0) is 12.5. The lowest BCUT2D eigenvalue weighted by Crippen LogP contribution is -2.37. The van der Waals surface area contributed by atoms with E-state index in [2.05, 4.69) is 29.2 Å². The third-order valence-corrected chi connectivity index (χ3v) is 4.58. The lowest BCUT2D eigenvalue weighted by atomic mass is 9.95. The molecule has 1 heterocycles. The summed E-state index contributed by atoms with van der Waals surface area (Å²) in [6, 6.07) is 9.28. The van der Waals surface area contributed by atoms with Gasteiger partial charge < -0.3 is 10.8 Å². The zero-order valence-electron chi connectivity index (χ0n) is 10.8. The van der Waals surface area contributed by atoms with Crippen molar-refractivity contribution in [2.24, 2.45) is 11.7 Å². The summed E-state index contributed by atoms with van der Waals surface area (Å²) < 4.78 is 0. The highest BCUT2D eigenvalue weighted by atomic mass is 16.3. The Labute approximate surface area is 109 Å². The molecule has 3 rings (SSSR count). The van der Waals surface area contributed by atoms with E-state index in [1.54, 1.807) is 0 Å². The predicted molar refractivity (Wildman–Crippen MR) is 72.1 cm³/mol. The minimum absolute atomic E-state index is 0.196. The summed E-state index contributed by atoms with van der Waals surface area (Å²) in [5, 5.41) is 9.20. The Morgan fingerprint density at radius 2 is 1.83 bits per heavy atom. The van der Waals surface area contributed by atoms with Crippen LogP contribution in [0, 0.1) is 5.92 Å². The Hall–Kier alpha value is -0.900. The number of nitrogens with two attached hydrogens (primary N) is 1. The standard InChI is InChI=1S/C15H22N2O/c16-14-9-15(13-4-2-1-3-12(13)14)17-7-5-11(10-18)6-8-17/h1-4,11,14-15,18H,5-10,16H2. The average Bonchev–Trinajstić information content (AvgIpc) is 2.77. The van der Waals surface area contributed by atoms with Gasteiger partial charge in [-0.1, -0.05) is 24.3 Å². The molecule has 3 N–H and O–H groups in total. The van der Waals surface area contributed by atoms with E-state index in [1.807, 2.05) is 0 Å². The van der Waals surface area contributed by atoms with Crippen LogP contribution < -0.4 is 5.73 Å². The summed E-state index contributed by atoms with van der Waals surface area (Å²) in [6.07, 6.45) is 3.28. The van der Waals surface area contributed by atoms with Crippen molar-refractivity contribution >= 4 is 0 Å². The number of aliphatic hydroxyl groups is 1. The number of likely N-dealkylation sites (tertiary alicyclic amines) is 1. The van der Waals surface area contributed by atoms with E-state index >= 15 is 0 Å². The van der Waals surface area contributed by atoms with Crippen LogP contribution in [0.2, 0.25) is 0 Å². The summed E-state index contributed by atoms with van der Waals surface area (Å²) in [4.78, 5) is 2.55. The van der Waals surface area contributed by atoms with Gasteiger partial charge in [0.15, 0.2) is 0 Å². The number of aliphatic hydroxyl groups excluding tert-OH is 1. The van der Waals surface area contributed by atoms with E-state index in [0.717, 1.165) is 32.4 Å². The minimum Gasteiger partial charge on any atom is -0.396 e. The molecule has 1 aliphatic carbocycles. The highest BCUT2D eigenvalue weighted by Crippen LogP contribution is 2.41. The van der Waals surface area contributed by atoms with Gasteiger partial charge in [0.2, 0.25) is 0 Å². The third-order valence-electron chi connectivity index (χ3n) is 4.58. The summed E-state index contributed by atoms with van der Waals surface area (Å²) in [5.41, 5.74) is 8.98. The Morgan fingerprint density at radius 3 is 2.50 bits per heavy atom. The molecule has 1 aliphatic heterocycles. The molecule has 0 amide bonds. The van der Waals surface area contributed by atoms with E-state index in [1.165, 1.54) is 11.1 Å². The van der Waals surface area contributed by atoms with Crippen LogP contribution in [0.1, 0.15) is 42.5 Å². The van der Waals surface area contributed by atoms with Gasteiger partial charge in [-0.2, -0.15) is 0 Å². The second kappa shape index (κ2) is 5.00. The molecule has 0 aromatic heterocycles. The first-order valence-electron chi connectivity index (χ1n) is 6.99. The molecule has 1 saturated heterocycles. The number of nitrogens with zero attached hydrogens (tertiary/aromatic N) is 1. The number of rotatable bonds is 2. The molecular weight excluding hydrogens is 224 g/mol. The number of hydrogen-bond donors (Lipinski definition) is 2. The van der Waals surface area contributed by atoms with Crippen LogP contribution in [0.15, 0.2) is 24.3 Å². The maximum Gasteiger partial charge on any atom is 0.0460 e. The van der Waals surface area contributed by atoms with Crippen molar-refractivity contribution in [2.75, 3.05) is 19.7 Å². The van der Waals surface area contributed by atoms with Gasteiger partial charge in [-0.25, -0.2) is 0 Å². The van der Waals surface area contributed by atoms with Gasteiger partial charge in [0, 0.05) is 18.7 Å². The fourth-order valence-electron chi connectivity index (χ4n) is 3.44. The quantitative estimate of drug-likeness (QED) is 0.837. The first-order chi connectivity index (χ1) is 8.79. The van der Waals surface area contributed by atoms with Gasteiger partial charge in [0.05, 0.1) is 0 Å². The molecule has 2 aliphatic rings. The molecule has 1 fully saturated rings. The van der Waals surface area contributed by atoms with Crippen molar-refractivity contribution in [3.8, 4) is 0 Å². The van der Waals surface area contributed by atoms with Crippen molar-refractivity contribution in [3.63, 3.8) is 0 Å². The van der Waals surface area contributed by atoms with Crippen LogP contribution in [-0.4, -0.2) is 29.7 Å². The second-order valence-electron chi connectivity index (χ2n) is 5.65. The van der Waals surface area contributed by atoms with Crippen LogP contribution >= 0.6 is 0 Å². The summed E-state index contributed by atoms with van der Waals surface area (Å²) in [6.45, 7) is 2.53. The van der Waals surface area contributed by atoms with Crippen LogP contribution in [0.25, 0.3) is 0 Å². The van der Waals surface area contributed by atoms with E-state index in [-0.39, 0.29) is 6.04 Å². The highest BCUT2D eigenvalue weighted by molar-refractivity contribution is 5.37. The summed E-state index contributed by atoms with van der Waals surface area (Å²) in [7, 11) is 0. The molecule has 18 heavy (non-hydrogen) atoms. The third kappa shape index (κ3) is 2.07. The number of benzene rings is 1. The molecule has 1 aromatic carbocycles. The van der Waals surface area contributed by atoms with E-state index in [0.29, 0.717) is 18.6 Å². The Balaban J connectivity index is 1.75. The molecular formula is C15H22N2O. The fourth-order valence-corrected chi connectivity index (χ4v) is 3.44. The van der Waals surface area contributed by atoms with Gasteiger partial charge >= 0.3 is 0 Å². The molecule has 98 valence electrons. The zero-order valence-corrected chi connectivity index (χ0v) is 10.8. The van der Waals surface area contributed by atoms with Crippen molar-refractivity contribution < 1.29 is 5.11 Å². The van der Waals surface area contributed by atoms with Gasteiger partial charge in [-0.15, -0.1) is 0 Å². The molecule has 1 aromatic rings. The highest BCUT2D eigenvalue weighted by Gasteiger charge is 2.33. The van der Waals surface area contributed by atoms with Crippen LogP contribution in [-0.2, 0) is 0 Å². The van der Waals surface area contributed by atoms with E-state index in [4.69, 9.17) is 5.73 Å². The van der Waals surface area contributed by atoms with Gasteiger partial charge in [-0.3, -0.25) is 4.90 Å². The molecule has 0 bridgehead atoms. The largest absolute Gasteiger partial charge is 0.396 e. The monoisotopic (exact) mass is 246 g/mol. The van der Waals surface area contributed by atoms with Crippen molar-refractivity contribution in [3.05, 3.63) is 35.4 Å². The Kier molecular flexibility index (Phi) is 3.37.